The third-order valence-electron chi connectivity index (χ3n) is 6.34. The third-order valence-corrected chi connectivity index (χ3v) is 6.96. The molecule has 3 aliphatic carbocycles. The highest BCUT2D eigenvalue weighted by Gasteiger charge is 2.60. The average Bonchev–Trinajstić information content (AvgIpc) is 3.09. The summed E-state index contributed by atoms with van der Waals surface area (Å²) in [5.41, 5.74) is 0.747. The fourth-order valence-electron chi connectivity index (χ4n) is 5.61. The van der Waals surface area contributed by atoms with Crippen LogP contribution in [0.25, 0.3) is 0 Å². The molecule has 1 N–H and O–H groups in total. The van der Waals surface area contributed by atoms with Crippen molar-refractivity contribution in [3.63, 3.8) is 0 Å². The second-order valence-corrected chi connectivity index (χ2v) is 8.17. The van der Waals surface area contributed by atoms with Gasteiger partial charge in [-0.15, -0.1) is 0 Å². The highest BCUT2D eigenvalue weighted by molar-refractivity contribution is 9.10. The van der Waals surface area contributed by atoms with Gasteiger partial charge in [-0.2, -0.15) is 0 Å². The number of rotatable bonds is 3. The molecule has 0 radical (unpaired) electrons. The van der Waals surface area contributed by atoms with Crippen molar-refractivity contribution < 1.29 is 9.84 Å². The SMILES string of the molecule is COc1ccc(CC2(O)CC3CC2C2CCCC32)cc1Br. The predicted octanol–water partition coefficient (Wildman–Crippen LogP) is 4.19. The number of ether oxygens (including phenoxy) is 1. The summed E-state index contributed by atoms with van der Waals surface area (Å²) in [6.45, 7) is 0. The Bertz CT molecular complexity index is 558. The van der Waals surface area contributed by atoms with Crippen molar-refractivity contribution in [2.24, 2.45) is 23.7 Å². The minimum Gasteiger partial charge on any atom is -0.496 e. The Labute approximate surface area is 135 Å². The minimum atomic E-state index is -0.468. The summed E-state index contributed by atoms with van der Waals surface area (Å²) in [6, 6.07) is 6.20. The van der Waals surface area contributed by atoms with Gasteiger partial charge < -0.3 is 9.84 Å². The van der Waals surface area contributed by atoms with Crippen molar-refractivity contribution in [3.8, 4) is 5.75 Å². The minimum absolute atomic E-state index is 0.468. The van der Waals surface area contributed by atoms with Crippen molar-refractivity contribution in [3.05, 3.63) is 28.2 Å². The van der Waals surface area contributed by atoms with Crippen LogP contribution in [-0.4, -0.2) is 17.8 Å². The standard InChI is InChI=1S/C18H23BrO2/c1-21-17-6-5-11(7-16(17)19)9-18(20)10-12-8-15(18)14-4-2-3-13(12)14/h5-7,12-15,20H,2-4,8-10H2,1H3. The fraction of sp³-hybridized carbons (Fsp3) is 0.667. The van der Waals surface area contributed by atoms with Crippen LogP contribution >= 0.6 is 15.9 Å². The zero-order chi connectivity index (χ0) is 14.6. The Kier molecular flexibility index (Phi) is 3.34. The summed E-state index contributed by atoms with van der Waals surface area (Å²) in [7, 11) is 1.68. The van der Waals surface area contributed by atoms with E-state index in [0.29, 0.717) is 5.92 Å². The number of benzene rings is 1. The van der Waals surface area contributed by atoms with Crippen LogP contribution in [-0.2, 0) is 6.42 Å². The highest BCUT2D eigenvalue weighted by Crippen LogP contribution is 2.62. The molecule has 114 valence electrons. The topological polar surface area (TPSA) is 29.5 Å². The molecular formula is C18H23BrO2. The predicted molar refractivity (Wildman–Crippen MR) is 86.4 cm³/mol. The van der Waals surface area contributed by atoms with E-state index in [1.807, 2.05) is 6.07 Å². The van der Waals surface area contributed by atoms with Crippen LogP contribution in [0.4, 0.5) is 0 Å². The molecule has 0 amide bonds. The molecule has 0 saturated heterocycles. The number of fused-ring (bicyclic) bond motifs is 5. The quantitative estimate of drug-likeness (QED) is 0.885. The van der Waals surface area contributed by atoms with Crippen molar-refractivity contribution in [1.29, 1.82) is 0 Å². The number of aliphatic hydroxyl groups is 1. The normalized spacial score (nSPS) is 40.5. The van der Waals surface area contributed by atoms with E-state index in [9.17, 15) is 5.11 Å². The molecule has 5 unspecified atom stereocenters. The number of methoxy groups -OCH3 is 1. The van der Waals surface area contributed by atoms with Crippen LogP contribution in [0.1, 0.15) is 37.7 Å². The van der Waals surface area contributed by atoms with E-state index in [4.69, 9.17) is 4.74 Å². The first-order chi connectivity index (χ1) is 10.1. The fourth-order valence-corrected chi connectivity index (χ4v) is 6.20. The lowest BCUT2D eigenvalue weighted by Crippen LogP contribution is -2.43. The lowest BCUT2D eigenvalue weighted by molar-refractivity contribution is -0.0450. The van der Waals surface area contributed by atoms with Crippen LogP contribution in [0.15, 0.2) is 22.7 Å². The van der Waals surface area contributed by atoms with Crippen molar-refractivity contribution in [2.45, 2.75) is 44.1 Å². The first-order valence-corrected chi connectivity index (χ1v) is 8.95. The summed E-state index contributed by atoms with van der Waals surface area (Å²) in [4.78, 5) is 0. The number of hydrogen-bond acceptors (Lipinski definition) is 2. The van der Waals surface area contributed by atoms with Gasteiger partial charge in [-0.05, 0) is 83.0 Å². The van der Waals surface area contributed by atoms with E-state index in [1.54, 1.807) is 7.11 Å². The molecule has 4 rings (SSSR count). The van der Waals surface area contributed by atoms with Gasteiger partial charge in [0.25, 0.3) is 0 Å². The van der Waals surface area contributed by atoms with Crippen LogP contribution in [0.3, 0.4) is 0 Å². The number of halogens is 1. The maximum atomic E-state index is 11.3. The lowest BCUT2D eigenvalue weighted by atomic mass is 9.71. The Hall–Kier alpha value is -0.540. The van der Waals surface area contributed by atoms with Crippen LogP contribution < -0.4 is 4.74 Å². The Balaban J connectivity index is 1.56. The van der Waals surface area contributed by atoms with Gasteiger partial charge in [0.2, 0.25) is 0 Å². The van der Waals surface area contributed by atoms with Gasteiger partial charge in [-0.1, -0.05) is 12.5 Å². The van der Waals surface area contributed by atoms with Crippen LogP contribution in [0, 0.1) is 23.7 Å². The van der Waals surface area contributed by atoms with Gasteiger partial charge in [-0.25, -0.2) is 0 Å². The molecule has 0 spiro atoms. The molecule has 2 bridgehead atoms. The van der Waals surface area contributed by atoms with Gasteiger partial charge in [0.1, 0.15) is 5.75 Å². The average molecular weight is 351 g/mol. The van der Waals surface area contributed by atoms with E-state index in [0.717, 1.165) is 40.8 Å². The zero-order valence-corrected chi connectivity index (χ0v) is 14.1. The number of hydrogen-bond donors (Lipinski definition) is 1. The first kappa shape index (κ1) is 14.1. The molecule has 21 heavy (non-hydrogen) atoms. The van der Waals surface area contributed by atoms with Gasteiger partial charge in [0, 0.05) is 6.42 Å². The second-order valence-electron chi connectivity index (χ2n) is 7.31. The molecular weight excluding hydrogens is 328 g/mol. The lowest BCUT2D eigenvalue weighted by Gasteiger charge is -2.39. The Morgan fingerprint density at radius 3 is 2.90 bits per heavy atom. The van der Waals surface area contributed by atoms with Gasteiger partial charge in [0.05, 0.1) is 17.2 Å². The Morgan fingerprint density at radius 1 is 1.33 bits per heavy atom. The molecule has 3 fully saturated rings. The smallest absolute Gasteiger partial charge is 0.133 e. The molecule has 2 nitrogen and oxygen atoms in total. The summed E-state index contributed by atoms with van der Waals surface area (Å²) in [5.74, 6) is 3.91. The summed E-state index contributed by atoms with van der Waals surface area (Å²) in [5, 5.41) is 11.3. The van der Waals surface area contributed by atoms with Gasteiger partial charge >= 0.3 is 0 Å². The molecule has 3 heteroatoms. The molecule has 1 aromatic carbocycles. The Morgan fingerprint density at radius 2 is 2.14 bits per heavy atom. The van der Waals surface area contributed by atoms with E-state index in [-0.39, 0.29) is 0 Å². The van der Waals surface area contributed by atoms with Crippen molar-refractivity contribution in [1.82, 2.24) is 0 Å². The molecule has 1 aromatic rings. The third kappa shape index (κ3) is 2.16. The van der Waals surface area contributed by atoms with Crippen LogP contribution in [0.5, 0.6) is 5.75 Å². The molecule has 5 atom stereocenters. The molecule has 3 saturated carbocycles. The van der Waals surface area contributed by atoms with E-state index in [1.165, 1.54) is 31.2 Å². The van der Waals surface area contributed by atoms with E-state index in [2.05, 4.69) is 28.1 Å². The van der Waals surface area contributed by atoms with Crippen molar-refractivity contribution in [2.75, 3.05) is 7.11 Å². The van der Waals surface area contributed by atoms with Gasteiger partial charge in [0.15, 0.2) is 0 Å². The maximum Gasteiger partial charge on any atom is 0.133 e. The second kappa shape index (κ2) is 4.99. The van der Waals surface area contributed by atoms with E-state index >= 15 is 0 Å². The monoisotopic (exact) mass is 350 g/mol. The molecule has 0 heterocycles. The largest absolute Gasteiger partial charge is 0.496 e. The summed E-state index contributed by atoms with van der Waals surface area (Å²) in [6.07, 6.45) is 7.22. The van der Waals surface area contributed by atoms with Gasteiger partial charge in [-0.3, -0.25) is 0 Å². The zero-order valence-electron chi connectivity index (χ0n) is 12.5. The first-order valence-electron chi connectivity index (χ1n) is 8.15. The summed E-state index contributed by atoms with van der Waals surface area (Å²) < 4.78 is 6.27. The highest BCUT2D eigenvalue weighted by atomic mass is 79.9. The van der Waals surface area contributed by atoms with Crippen molar-refractivity contribution >= 4 is 15.9 Å². The van der Waals surface area contributed by atoms with Crippen LogP contribution in [0.2, 0.25) is 0 Å². The van der Waals surface area contributed by atoms with E-state index < -0.39 is 5.60 Å². The molecule has 0 aliphatic heterocycles. The molecule has 0 aromatic heterocycles. The molecule has 3 aliphatic rings. The maximum absolute atomic E-state index is 11.3. The summed E-state index contributed by atoms with van der Waals surface area (Å²) >= 11 is 3.55.